The van der Waals surface area contributed by atoms with Crippen LogP contribution in [0.5, 0.6) is 0 Å². The summed E-state index contributed by atoms with van der Waals surface area (Å²) in [6.07, 6.45) is 3.30. The van der Waals surface area contributed by atoms with Crippen molar-refractivity contribution in [2.45, 2.75) is 16.8 Å². The van der Waals surface area contributed by atoms with E-state index in [4.69, 9.17) is 9.52 Å². The van der Waals surface area contributed by atoms with Crippen LogP contribution in [-0.4, -0.2) is 16.1 Å². The quantitative estimate of drug-likeness (QED) is 0.788. The highest BCUT2D eigenvalue weighted by Crippen LogP contribution is 2.33. The van der Waals surface area contributed by atoms with Gasteiger partial charge in [0, 0.05) is 11.1 Å². The van der Waals surface area contributed by atoms with Gasteiger partial charge in [0.2, 0.25) is 0 Å². The van der Waals surface area contributed by atoms with Crippen LogP contribution >= 0.6 is 11.8 Å². The third-order valence-electron chi connectivity index (χ3n) is 3.00. The largest absolute Gasteiger partial charge is 0.478 e. The molecule has 0 fully saturated rings. The van der Waals surface area contributed by atoms with E-state index >= 15 is 0 Å². The van der Waals surface area contributed by atoms with Gasteiger partial charge in [-0.2, -0.15) is 0 Å². The number of hydrogen-bond acceptors (Lipinski definition) is 4. The molecular formula is C15H11NO3S. The Morgan fingerprint density at radius 1 is 1.30 bits per heavy atom. The molecular weight excluding hydrogens is 274 g/mol. The lowest BCUT2D eigenvalue weighted by atomic mass is 10.1. The SMILES string of the molecule is Cc1ccc(Sc2nccc3occc23)cc1C(=O)O. The second-order valence-corrected chi connectivity index (χ2v) is 5.39. The van der Waals surface area contributed by atoms with Crippen LogP contribution in [0.2, 0.25) is 0 Å². The highest BCUT2D eigenvalue weighted by Gasteiger charge is 2.11. The van der Waals surface area contributed by atoms with Crippen LogP contribution in [0.3, 0.4) is 0 Å². The number of carbonyl (C=O) groups is 1. The number of nitrogens with zero attached hydrogens (tertiary/aromatic N) is 1. The number of aromatic nitrogens is 1. The summed E-state index contributed by atoms with van der Waals surface area (Å²) in [5.41, 5.74) is 1.83. The number of benzene rings is 1. The zero-order chi connectivity index (χ0) is 14.1. The second-order valence-electron chi connectivity index (χ2n) is 4.33. The summed E-state index contributed by atoms with van der Waals surface area (Å²) in [5.74, 6) is -0.917. The fraction of sp³-hybridized carbons (Fsp3) is 0.0667. The topological polar surface area (TPSA) is 63.3 Å². The Balaban J connectivity index is 2.01. The van der Waals surface area contributed by atoms with E-state index in [1.807, 2.05) is 12.1 Å². The molecule has 1 aromatic carbocycles. The van der Waals surface area contributed by atoms with Gasteiger partial charge in [0.15, 0.2) is 0 Å². The van der Waals surface area contributed by atoms with Crippen LogP contribution in [0.15, 0.2) is 57.1 Å². The third-order valence-corrected chi connectivity index (χ3v) is 4.01. The number of furan rings is 1. The Kier molecular flexibility index (Phi) is 3.20. The molecule has 0 saturated heterocycles. The molecule has 0 spiro atoms. The highest BCUT2D eigenvalue weighted by atomic mass is 32.2. The average molecular weight is 285 g/mol. The average Bonchev–Trinajstić information content (AvgIpc) is 2.90. The van der Waals surface area contributed by atoms with Gasteiger partial charge in [0.05, 0.1) is 17.2 Å². The molecule has 3 aromatic rings. The minimum absolute atomic E-state index is 0.314. The molecule has 0 atom stereocenters. The van der Waals surface area contributed by atoms with Gasteiger partial charge in [-0.05, 0) is 36.8 Å². The molecule has 0 aliphatic rings. The van der Waals surface area contributed by atoms with E-state index in [9.17, 15) is 4.79 Å². The fourth-order valence-corrected chi connectivity index (χ4v) is 2.89. The maximum absolute atomic E-state index is 11.2. The first-order chi connectivity index (χ1) is 9.65. The number of aromatic carboxylic acids is 1. The normalized spacial score (nSPS) is 10.8. The highest BCUT2D eigenvalue weighted by molar-refractivity contribution is 7.99. The molecule has 0 saturated carbocycles. The van der Waals surface area contributed by atoms with Gasteiger partial charge in [-0.1, -0.05) is 17.8 Å². The number of carboxylic acids is 1. The van der Waals surface area contributed by atoms with E-state index < -0.39 is 5.97 Å². The van der Waals surface area contributed by atoms with Gasteiger partial charge in [0.25, 0.3) is 0 Å². The van der Waals surface area contributed by atoms with Crippen molar-refractivity contribution >= 4 is 28.7 Å². The van der Waals surface area contributed by atoms with E-state index in [2.05, 4.69) is 4.98 Å². The van der Waals surface area contributed by atoms with Crippen molar-refractivity contribution in [2.75, 3.05) is 0 Å². The fourth-order valence-electron chi connectivity index (χ4n) is 1.96. The van der Waals surface area contributed by atoms with Crippen LogP contribution in [0.25, 0.3) is 11.0 Å². The summed E-state index contributed by atoms with van der Waals surface area (Å²) in [7, 11) is 0. The van der Waals surface area contributed by atoms with Crippen LogP contribution in [0, 0.1) is 6.92 Å². The maximum atomic E-state index is 11.2. The molecule has 100 valence electrons. The predicted octanol–water partition coefficient (Wildman–Crippen LogP) is 3.99. The van der Waals surface area contributed by atoms with Gasteiger partial charge in [-0.25, -0.2) is 9.78 Å². The predicted molar refractivity (Wildman–Crippen MR) is 76.3 cm³/mol. The number of rotatable bonds is 3. The van der Waals surface area contributed by atoms with Gasteiger partial charge in [0.1, 0.15) is 10.6 Å². The number of pyridine rings is 1. The zero-order valence-electron chi connectivity index (χ0n) is 10.7. The smallest absolute Gasteiger partial charge is 0.335 e. The van der Waals surface area contributed by atoms with Crippen LogP contribution < -0.4 is 0 Å². The number of aryl methyl sites for hydroxylation is 1. The number of fused-ring (bicyclic) bond motifs is 1. The summed E-state index contributed by atoms with van der Waals surface area (Å²) in [6.45, 7) is 1.78. The first-order valence-corrected chi connectivity index (χ1v) is 6.81. The van der Waals surface area contributed by atoms with Crippen molar-refractivity contribution in [2.24, 2.45) is 0 Å². The monoisotopic (exact) mass is 285 g/mol. The summed E-state index contributed by atoms with van der Waals surface area (Å²) >= 11 is 1.43. The minimum Gasteiger partial charge on any atom is -0.478 e. The molecule has 5 heteroatoms. The van der Waals surface area contributed by atoms with Crippen molar-refractivity contribution in [1.82, 2.24) is 4.98 Å². The Bertz CT molecular complexity index is 795. The molecule has 0 bridgehead atoms. The minimum atomic E-state index is -0.917. The lowest BCUT2D eigenvalue weighted by Gasteiger charge is -2.05. The van der Waals surface area contributed by atoms with Crippen molar-refractivity contribution in [1.29, 1.82) is 0 Å². The van der Waals surface area contributed by atoms with E-state index in [1.54, 1.807) is 37.6 Å². The van der Waals surface area contributed by atoms with Gasteiger partial charge >= 0.3 is 5.97 Å². The van der Waals surface area contributed by atoms with Crippen molar-refractivity contribution < 1.29 is 14.3 Å². The molecule has 0 aliphatic carbocycles. The van der Waals surface area contributed by atoms with Gasteiger partial charge in [-0.3, -0.25) is 0 Å². The van der Waals surface area contributed by atoms with E-state index in [0.29, 0.717) is 5.56 Å². The first kappa shape index (κ1) is 12.7. The number of carboxylic acid groups (broad SMARTS) is 1. The third kappa shape index (κ3) is 2.28. The molecule has 0 amide bonds. The summed E-state index contributed by atoms with van der Waals surface area (Å²) in [6, 6.07) is 9.03. The lowest BCUT2D eigenvalue weighted by molar-refractivity contribution is 0.0696. The molecule has 0 unspecified atom stereocenters. The lowest BCUT2D eigenvalue weighted by Crippen LogP contribution is -1.99. The molecule has 2 heterocycles. The second kappa shape index (κ2) is 5.02. The van der Waals surface area contributed by atoms with Crippen molar-refractivity contribution in [3.8, 4) is 0 Å². The van der Waals surface area contributed by atoms with Crippen molar-refractivity contribution in [3.05, 3.63) is 53.9 Å². The molecule has 20 heavy (non-hydrogen) atoms. The summed E-state index contributed by atoms with van der Waals surface area (Å²) in [5, 5.41) is 10.9. The molecule has 0 radical (unpaired) electrons. The Morgan fingerprint density at radius 3 is 2.95 bits per heavy atom. The van der Waals surface area contributed by atoms with Crippen molar-refractivity contribution in [3.63, 3.8) is 0 Å². The molecule has 0 aliphatic heterocycles. The van der Waals surface area contributed by atoms with E-state index in [-0.39, 0.29) is 0 Å². The summed E-state index contributed by atoms with van der Waals surface area (Å²) in [4.78, 5) is 16.3. The van der Waals surface area contributed by atoms with E-state index in [0.717, 1.165) is 26.5 Å². The summed E-state index contributed by atoms with van der Waals surface area (Å²) < 4.78 is 5.33. The Labute approximate surface area is 119 Å². The molecule has 4 nitrogen and oxygen atoms in total. The standard InChI is InChI=1S/C15H11NO3S/c1-9-2-3-10(8-12(9)15(17)18)20-14-11-5-7-19-13(11)4-6-16-14/h2-8H,1H3,(H,17,18). The maximum Gasteiger partial charge on any atom is 0.335 e. The van der Waals surface area contributed by atoms with Crippen LogP contribution in [-0.2, 0) is 0 Å². The van der Waals surface area contributed by atoms with E-state index in [1.165, 1.54) is 11.8 Å². The van der Waals surface area contributed by atoms with Gasteiger partial charge in [-0.15, -0.1) is 0 Å². The molecule has 2 aromatic heterocycles. The van der Waals surface area contributed by atoms with Crippen LogP contribution in [0.4, 0.5) is 0 Å². The zero-order valence-corrected chi connectivity index (χ0v) is 11.5. The molecule has 3 rings (SSSR count). The van der Waals surface area contributed by atoms with Gasteiger partial charge < -0.3 is 9.52 Å². The molecule has 1 N–H and O–H groups in total. The Hall–Kier alpha value is -2.27. The number of hydrogen-bond donors (Lipinski definition) is 1. The first-order valence-electron chi connectivity index (χ1n) is 5.99. The Morgan fingerprint density at radius 2 is 2.15 bits per heavy atom. The van der Waals surface area contributed by atoms with Crippen LogP contribution in [0.1, 0.15) is 15.9 Å².